The second kappa shape index (κ2) is 7.17. The second-order valence-corrected chi connectivity index (χ2v) is 6.49. The second-order valence-electron chi connectivity index (χ2n) is 6.05. The Morgan fingerprint density at radius 1 is 1.10 bits per heavy atom. The van der Waals surface area contributed by atoms with Gasteiger partial charge in [0.2, 0.25) is 0 Å². The predicted molar refractivity (Wildman–Crippen MR) is 102 cm³/mol. The van der Waals surface area contributed by atoms with Crippen LogP contribution in [0.15, 0.2) is 55.1 Å². The summed E-state index contributed by atoms with van der Waals surface area (Å²) in [7, 11) is 0. The highest BCUT2D eigenvalue weighted by Crippen LogP contribution is 2.38. The van der Waals surface area contributed by atoms with Gasteiger partial charge in [-0.2, -0.15) is 13.2 Å². The lowest BCUT2D eigenvalue weighted by Gasteiger charge is -2.11. The maximum atomic E-state index is 13.4. The van der Waals surface area contributed by atoms with Gasteiger partial charge in [0, 0.05) is 23.0 Å². The average molecular weight is 418 g/mol. The van der Waals surface area contributed by atoms with Crippen molar-refractivity contribution in [3.8, 4) is 11.4 Å². The number of carbonyl (C=O) groups is 1. The number of benzene rings is 1. The van der Waals surface area contributed by atoms with Crippen molar-refractivity contribution in [2.45, 2.75) is 6.18 Å². The van der Waals surface area contributed by atoms with Crippen LogP contribution in [0.3, 0.4) is 0 Å². The van der Waals surface area contributed by atoms with Crippen LogP contribution in [0.2, 0.25) is 5.02 Å². The first-order valence-corrected chi connectivity index (χ1v) is 8.63. The van der Waals surface area contributed by atoms with Gasteiger partial charge in [-0.05, 0) is 30.3 Å². The summed E-state index contributed by atoms with van der Waals surface area (Å²) < 4.78 is 40.3. The van der Waals surface area contributed by atoms with Gasteiger partial charge in [0.25, 0.3) is 5.91 Å². The highest BCUT2D eigenvalue weighted by Gasteiger charge is 2.35. The van der Waals surface area contributed by atoms with Crippen LogP contribution in [-0.4, -0.2) is 25.8 Å². The summed E-state index contributed by atoms with van der Waals surface area (Å²) in [5.41, 5.74) is -0.0323. The Morgan fingerprint density at radius 2 is 1.93 bits per heavy atom. The highest BCUT2D eigenvalue weighted by molar-refractivity contribution is 6.30. The number of rotatable bonds is 3. The fourth-order valence-electron chi connectivity index (χ4n) is 2.82. The molecule has 0 aliphatic rings. The Balaban J connectivity index is 1.79. The van der Waals surface area contributed by atoms with E-state index in [0.29, 0.717) is 11.2 Å². The number of carbonyl (C=O) groups excluding carboxylic acids is 1. The van der Waals surface area contributed by atoms with Crippen molar-refractivity contribution in [1.29, 1.82) is 0 Å². The molecule has 0 bridgehead atoms. The van der Waals surface area contributed by atoms with Gasteiger partial charge in [0.05, 0.1) is 34.7 Å². The molecule has 0 aliphatic heterocycles. The van der Waals surface area contributed by atoms with Gasteiger partial charge in [-0.3, -0.25) is 14.8 Å². The Bertz CT molecular complexity index is 1210. The van der Waals surface area contributed by atoms with E-state index >= 15 is 0 Å². The fourth-order valence-corrected chi connectivity index (χ4v) is 2.99. The number of hydrogen-bond acceptors (Lipinski definition) is 4. The lowest BCUT2D eigenvalue weighted by Crippen LogP contribution is -2.13. The van der Waals surface area contributed by atoms with E-state index in [4.69, 9.17) is 11.6 Å². The third-order valence-electron chi connectivity index (χ3n) is 4.10. The standard InChI is InChI=1S/C19H11ClF3N5O/c20-10-3-4-12(14(6-10)19(21,22)23)17-27-15-9-25-8-13(16(15)28-17)18(29)26-11-2-1-5-24-7-11/h1-9H,(H,26,29)(H,27,28). The maximum Gasteiger partial charge on any atom is 0.417 e. The molecule has 0 unspecified atom stereocenters. The molecule has 29 heavy (non-hydrogen) atoms. The first-order valence-electron chi connectivity index (χ1n) is 8.25. The Kier molecular flexibility index (Phi) is 4.67. The zero-order chi connectivity index (χ0) is 20.6. The minimum absolute atomic E-state index is 0.0459. The average Bonchev–Trinajstić information content (AvgIpc) is 3.12. The van der Waals surface area contributed by atoms with E-state index in [1.807, 2.05) is 0 Å². The molecule has 146 valence electrons. The smallest absolute Gasteiger partial charge is 0.337 e. The summed E-state index contributed by atoms with van der Waals surface area (Å²) in [6.45, 7) is 0. The van der Waals surface area contributed by atoms with Crippen LogP contribution in [0, 0.1) is 0 Å². The van der Waals surface area contributed by atoms with Gasteiger partial charge >= 0.3 is 6.18 Å². The highest BCUT2D eigenvalue weighted by atomic mass is 35.5. The first-order chi connectivity index (χ1) is 13.8. The molecule has 4 aromatic rings. The number of alkyl halides is 3. The topological polar surface area (TPSA) is 83.6 Å². The molecule has 3 aromatic heterocycles. The van der Waals surface area contributed by atoms with Crippen molar-refractivity contribution >= 4 is 34.2 Å². The minimum Gasteiger partial charge on any atom is -0.337 e. The van der Waals surface area contributed by atoms with Crippen LogP contribution in [0.1, 0.15) is 15.9 Å². The van der Waals surface area contributed by atoms with E-state index in [-0.39, 0.29) is 27.5 Å². The van der Waals surface area contributed by atoms with Crippen molar-refractivity contribution in [2.75, 3.05) is 5.32 Å². The first kappa shape index (κ1) is 18.9. The third kappa shape index (κ3) is 3.77. The number of pyridine rings is 2. The van der Waals surface area contributed by atoms with E-state index in [9.17, 15) is 18.0 Å². The Hall–Kier alpha value is -3.46. The fraction of sp³-hybridized carbons (Fsp3) is 0.0526. The summed E-state index contributed by atoms with van der Waals surface area (Å²) in [4.78, 5) is 27.5. The summed E-state index contributed by atoms with van der Waals surface area (Å²) >= 11 is 5.73. The van der Waals surface area contributed by atoms with Crippen molar-refractivity contribution < 1.29 is 18.0 Å². The molecule has 0 saturated carbocycles. The molecular weight excluding hydrogens is 407 g/mol. The zero-order valence-electron chi connectivity index (χ0n) is 14.5. The molecule has 4 rings (SSSR count). The van der Waals surface area contributed by atoms with Gasteiger partial charge in [-0.1, -0.05) is 11.6 Å². The Morgan fingerprint density at radius 3 is 2.66 bits per heavy atom. The molecule has 3 heterocycles. The van der Waals surface area contributed by atoms with Gasteiger partial charge in [0.15, 0.2) is 0 Å². The molecule has 0 aliphatic carbocycles. The van der Waals surface area contributed by atoms with Gasteiger partial charge in [0.1, 0.15) is 11.3 Å². The van der Waals surface area contributed by atoms with Gasteiger partial charge < -0.3 is 10.3 Å². The number of halogens is 4. The molecule has 0 radical (unpaired) electrons. The number of aromatic amines is 1. The zero-order valence-corrected chi connectivity index (χ0v) is 15.2. The monoisotopic (exact) mass is 417 g/mol. The van der Waals surface area contributed by atoms with Crippen LogP contribution < -0.4 is 5.32 Å². The lowest BCUT2D eigenvalue weighted by atomic mass is 10.1. The molecule has 1 amide bonds. The number of nitrogens with one attached hydrogen (secondary N) is 2. The minimum atomic E-state index is -4.63. The predicted octanol–water partition coefficient (Wildman–Crippen LogP) is 4.94. The number of anilines is 1. The molecule has 0 saturated heterocycles. The van der Waals surface area contributed by atoms with Crippen molar-refractivity contribution in [1.82, 2.24) is 19.9 Å². The van der Waals surface area contributed by atoms with Crippen LogP contribution in [-0.2, 0) is 6.18 Å². The summed E-state index contributed by atoms with van der Waals surface area (Å²) in [5, 5.41) is 2.60. The molecule has 0 fully saturated rings. The van der Waals surface area contributed by atoms with Gasteiger partial charge in [-0.15, -0.1) is 0 Å². The third-order valence-corrected chi connectivity index (χ3v) is 4.34. The number of hydrogen-bond donors (Lipinski definition) is 2. The van der Waals surface area contributed by atoms with E-state index in [0.717, 1.165) is 6.07 Å². The number of H-pyrrole nitrogens is 1. The summed E-state index contributed by atoms with van der Waals surface area (Å²) in [6.07, 6.45) is 1.08. The van der Waals surface area contributed by atoms with Crippen molar-refractivity contribution in [3.63, 3.8) is 0 Å². The molecule has 10 heteroatoms. The van der Waals surface area contributed by atoms with Crippen LogP contribution in [0.5, 0.6) is 0 Å². The normalized spacial score (nSPS) is 11.6. The molecule has 0 atom stereocenters. The van der Waals surface area contributed by atoms with E-state index in [2.05, 4.69) is 25.3 Å². The van der Waals surface area contributed by atoms with E-state index in [1.54, 1.807) is 18.3 Å². The number of nitrogens with zero attached hydrogens (tertiary/aromatic N) is 3. The quantitative estimate of drug-likeness (QED) is 0.494. The van der Waals surface area contributed by atoms with Crippen LogP contribution in [0.4, 0.5) is 18.9 Å². The summed E-state index contributed by atoms with van der Waals surface area (Å²) in [5.74, 6) is -0.561. The molecule has 0 spiro atoms. The molecular formula is C19H11ClF3N5O. The molecule has 2 N–H and O–H groups in total. The number of amides is 1. The van der Waals surface area contributed by atoms with Crippen LogP contribution >= 0.6 is 11.6 Å². The van der Waals surface area contributed by atoms with E-state index < -0.39 is 17.6 Å². The van der Waals surface area contributed by atoms with E-state index in [1.165, 1.54) is 30.7 Å². The van der Waals surface area contributed by atoms with Crippen molar-refractivity contribution in [2.24, 2.45) is 0 Å². The maximum absolute atomic E-state index is 13.4. The molecule has 6 nitrogen and oxygen atoms in total. The Labute approximate surface area is 166 Å². The number of imidazole rings is 1. The molecule has 1 aromatic carbocycles. The summed E-state index contributed by atoms with van der Waals surface area (Å²) in [6, 6.07) is 6.70. The number of fused-ring (bicyclic) bond motifs is 1. The SMILES string of the molecule is O=C(Nc1cccnc1)c1cncc2[nH]c(-c3ccc(Cl)cc3C(F)(F)F)nc12. The lowest BCUT2D eigenvalue weighted by molar-refractivity contribution is -0.137. The number of aromatic nitrogens is 4. The van der Waals surface area contributed by atoms with Gasteiger partial charge in [-0.25, -0.2) is 4.98 Å². The van der Waals surface area contributed by atoms with Crippen LogP contribution in [0.25, 0.3) is 22.4 Å². The largest absolute Gasteiger partial charge is 0.417 e. The van der Waals surface area contributed by atoms with Crippen molar-refractivity contribution in [3.05, 3.63) is 71.3 Å².